The van der Waals surface area contributed by atoms with E-state index in [4.69, 9.17) is 10.5 Å². The molecular weight excluding hydrogens is 480 g/mol. The molecule has 0 aromatic heterocycles. The first kappa shape index (κ1) is 21.9. The standard InChI is InChI=1S/C26H25BrN4O2/c27-20-8-4-7-18(13-20)24-21(16-28)26(29)31(30-9-11-33-12-10-30)22-14-19(15-23(32)25(22)24)17-5-2-1-3-6-17/h1-8,13,19,24H,9-12,14-15,29H2. The Morgan fingerprint density at radius 2 is 1.76 bits per heavy atom. The van der Waals surface area contributed by atoms with Crippen molar-refractivity contribution in [2.24, 2.45) is 5.73 Å². The first-order chi connectivity index (χ1) is 16.1. The van der Waals surface area contributed by atoms with Crippen LogP contribution in [-0.4, -0.2) is 42.1 Å². The van der Waals surface area contributed by atoms with E-state index in [1.54, 1.807) is 0 Å². The minimum Gasteiger partial charge on any atom is -0.383 e. The quantitative estimate of drug-likeness (QED) is 0.674. The number of morpholine rings is 1. The number of carbonyl (C=O) groups is 1. The third-order valence-electron chi connectivity index (χ3n) is 6.66. The number of Topliss-reactive ketones (excluding diaryl/α,β-unsaturated/α-hetero) is 1. The van der Waals surface area contributed by atoms with Crippen molar-refractivity contribution >= 4 is 21.7 Å². The van der Waals surface area contributed by atoms with Gasteiger partial charge in [-0.3, -0.25) is 9.80 Å². The van der Waals surface area contributed by atoms with Crippen LogP contribution < -0.4 is 5.73 Å². The van der Waals surface area contributed by atoms with Gasteiger partial charge in [-0.05, 0) is 35.6 Å². The zero-order chi connectivity index (χ0) is 22.9. The van der Waals surface area contributed by atoms with E-state index in [-0.39, 0.29) is 11.7 Å². The number of ether oxygens (including phenoxy) is 1. The molecule has 2 N–H and O–H groups in total. The van der Waals surface area contributed by atoms with Crippen molar-refractivity contribution in [2.45, 2.75) is 24.7 Å². The van der Waals surface area contributed by atoms with Crippen LogP contribution in [0, 0.1) is 11.3 Å². The third-order valence-corrected chi connectivity index (χ3v) is 7.16. The molecule has 6 nitrogen and oxygen atoms in total. The fraction of sp³-hybridized carbons (Fsp3) is 0.308. The summed E-state index contributed by atoms with van der Waals surface area (Å²) in [6.45, 7) is 2.47. The molecule has 33 heavy (non-hydrogen) atoms. The Morgan fingerprint density at radius 3 is 2.45 bits per heavy atom. The lowest BCUT2D eigenvalue weighted by Crippen LogP contribution is -2.52. The molecule has 0 spiro atoms. The predicted molar refractivity (Wildman–Crippen MR) is 128 cm³/mol. The Balaban J connectivity index is 1.67. The van der Waals surface area contributed by atoms with E-state index < -0.39 is 5.92 Å². The monoisotopic (exact) mass is 504 g/mol. The zero-order valence-electron chi connectivity index (χ0n) is 18.2. The zero-order valence-corrected chi connectivity index (χ0v) is 19.8. The number of benzene rings is 2. The summed E-state index contributed by atoms with van der Waals surface area (Å²) in [5.74, 6) is 0.0859. The number of hydrogen-bond acceptors (Lipinski definition) is 6. The van der Waals surface area contributed by atoms with Gasteiger partial charge in [0.2, 0.25) is 0 Å². The van der Waals surface area contributed by atoms with Crippen molar-refractivity contribution < 1.29 is 9.53 Å². The topological polar surface area (TPSA) is 82.6 Å². The molecule has 1 aliphatic carbocycles. The summed E-state index contributed by atoms with van der Waals surface area (Å²) in [6.07, 6.45) is 1.11. The average molecular weight is 505 g/mol. The number of ketones is 1. The molecule has 1 fully saturated rings. The highest BCUT2D eigenvalue weighted by Gasteiger charge is 2.44. The second kappa shape index (κ2) is 9.14. The molecule has 0 amide bonds. The Bertz CT molecular complexity index is 1180. The van der Waals surface area contributed by atoms with E-state index in [1.165, 1.54) is 0 Å². The predicted octanol–water partition coefficient (Wildman–Crippen LogP) is 4.19. The van der Waals surface area contributed by atoms with Crippen molar-refractivity contribution in [1.82, 2.24) is 10.0 Å². The summed E-state index contributed by atoms with van der Waals surface area (Å²) in [4.78, 5) is 13.8. The lowest BCUT2D eigenvalue weighted by atomic mass is 9.72. The van der Waals surface area contributed by atoms with Gasteiger partial charge in [0.05, 0.1) is 30.8 Å². The average Bonchev–Trinajstić information content (AvgIpc) is 2.84. The Labute approximate surface area is 202 Å². The number of halogens is 1. The molecule has 1 saturated heterocycles. The van der Waals surface area contributed by atoms with E-state index in [0.29, 0.717) is 56.1 Å². The van der Waals surface area contributed by atoms with E-state index >= 15 is 0 Å². The summed E-state index contributed by atoms with van der Waals surface area (Å²) in [5, 5.41) is 14.2. The van der Waals surface area contributed by atoms with Crippen molar-refractivity contribution in [3.8, 4) is 6.07 Å². The molecule has 2 heterocycles. The van der Waals surface area contributed by atoms with Crippen molar-refractivity contribution in [1.29, 1.82) is 5.26 Å². The number of hydrogen-bond donors (Lipinski definition) is 1. The smallest absolute Gasteiger partial charge is 0.162 e. The van der Waals surface area contributed by atoms with E-state index in [9.17, 15) is 10.1 Å². The van der Waals surface area contributed by atoms with Crippen molar-refractivity contribution in [3.05, 3.63) is 92.9 Å². The largest absolute Gasteiger partial charge is 0.383 e. The SMILES string of the molecule is N#CC1=C(N)N(N2CCOCC2)C2=C(C(=O)CC(c3ccccc3)C2)C1c1cccc(Br)c1. The highest BCUT2D eigenvalue weighted by Crippen LogP contribution is 2.48. The lowest BCUT2D eigenvalue weighted by molar-refractivity contribution is -0.117. The molecule has 2 aliphatic heterocycles. The van der Waals surface area contributed by atoms with Crippen molar-refractivity contribution in [3.63, 3.8) is 0 Å². The van der Waals surface area contributed by atoms with Gasteiger partial charge >= 0.3 is 0 Å². The Morgan fingerprint density at radius 1 is 1.03 bits per heavy atom. The third kappa shape index (κ3) is 3.99. The van der Waals surface area contributed by atoms with Crippen molar-refractivity contribution in [2.75, 3.05) is 26.3 Å². The molecule has 2 unspecified atom stereocenters. The molecule has 5 rings (SSSR count). The van der Waals surface area contributed by atoms with Gasteiger partial charge in [0.1, 0.15) is 5.82 Å². The van der Waals surface area contributed by atoms with Crippen LogP contribution in [0.25, 0.3) is 0 Å². The first-order valence-electron chi connectivity index (χ1n) is 11.2. The number of nitrogens with two attached hydrogens (primary N) is 1. The van der Waals surface area contributed by atoms with Gasteiger partial charge in [-0.2, -0.15) is 5.26 Å². The summed E-state index contributed by atoms with van der Waals surface area (Å²) in [6, 6.07) is 20.3. The van der Waals surface area contributed by atoms with Crippen LogP contribution in [0.5, 0.6) is 0 Å². The molecule has 0 bridgehead atoms. The Kier molecular flexibility index (Phi) is 6.07. The molecule has 2 atom stereocenters. The number of nitriles is 1. The van der Waals surface area contributed by atoms with Crippen LogP contribution in [0.2, 0.25) is 0 Å². The highest BCUT2D eigenvalue weighted by molar-refractivity contribution is 9.10. The van der Waals surface area contributed by atoms with Crippen LogP contribution in [0.3, 0.4) is 0 Å². The lowest BCUT2D eigenvalue weighted by Gasteiger charge is -2.47. The van der Waals surface area contributed by atoms with E-state index in [2.05, 4.69) is 39.1 Å². The normalized spacial score (nSPS) is 24.0. The van der Waals surface area contributed by atoms with Gasteiger partial charge in [0.15, 0.2) is 5.78 Å². The maximum atomic E-state index is 13.8. The van der Waals surface area contributed by atoms with Crippen LogP contribution in [0.4, 0.5) is 0 Å². The van der Waals surface area contributed by atoms with Gasteiger partial charge in [-0.1, -0.05) is 58.4 Å². The maximum absolute atomic E-state index is 13.8. The highest BCUT2D eigenvalue weighted by atomic mass is 79.9. The van der Waals surface area contributed by atoms with Crippen LogP contribution >= 0.6 is 15.9 Å². The minimum atomic E-state index is -0.469. The summed E-state index contributed by atoms with van der Waals surface area (Å²) < 4.78 is 6.45. The second-order valence-corrected chi connectivity index (χ2v) is 9.49. The molecule has 7 heteroatoms. The molecule has 2 aromatic rings. The fourth-order valence-corrected chi connectivity index (χ4v) is 5.59. The van der Waals surface area contributed by atoms with Crippen LogP contribution in [-0.2, 0) is 9.53 Å². The molecule has 168 valence electrons. The number of rotatable bonds is 3. The van der Waals surface area contributed by atoms with E-state index in [1.807, 2.05) is 47.5 Å². The van der Waals surface area contributed by atoms with E-state index in [0.717, 1.165) is 21.3 Å². The van der Waals surface area contributed by atoms with Crippen LogP contribution in [0.15, 0.2) is 81.7 Å². The summed E-state index contributed by atoms with van der Waals surface area (Å²) in [5.41, 5.74) is 10.8. The van der Waals surface area contributed by atoms with Gasteiger partial charge in [0.25, 0.3) is 0 Å². The summed E-state index contributed by atoms with van der Waals surface area (Å²) >= 11 is 3.54. The van der Waals surface area contributed by atoms with Gasteiger partial charge in [-0.15, -0.1) is 0 Å². The second-order valence-electron chi connectivity index (χ2n) is 8.58. The molecular formula is C26H25BrN4O2. The minimum absolute atomic E-state index is 0.0700. The number of hydrazine groups is 1. The number of nitrogens with zero attached hydrogens (tertiary/aromatic N) is 3. The van der Waals surface area contributed by atoms with Gasteiger partial charge in [-0.25, -0.2) is 5.01 Å². The molecule has 0 saturated carbocycles. The van der Waals surface area contributed by atoms with Gasteiger partial charge in [0, 0.05) is 35.3 Å². The first-order valence-corrected chi connectivity index (χ1v) is 12.0. The fourth-order valence-electron chi connectivity index (χ4n) is 5.17. The molecule has 3 aliphatic rings. The number of allylic oxidation sites excluding steroid dienone is 3. The molecule has 0 radical (unpaired) electrons. The van der Waals surface area contributed by atoms with Gasteiger partial charge < -0.3 is 10.5 Å². The number of carbonyl (C=O) groups excluding carboxylic acids is 1. The Hall–Kier alpha value is -2.92. The summed E-state index contributed by atoms with van der Waals surface area (Å²) in [7, 11) is 0. The maximum Gasteiger partial charge on any atom is 0.162 e. The van der Waals surface area contributed by atoms with Crippen LogP contribution in [0.1, 0.15) is 35.8 Å². The molecule has 2 aromatic carbocycles.